The summed E-state index contributed by atoms with van der Waals surface area (Å²) in [5.41, 5.74) is 15.8. The summed E-state index contributed by atoms with van der Waals surface area (Å²) in [5, 5.41) is -0.263. The molecule has 2 aromatic carbocycles. The van der Waals surface area contributed by atoms with Crippen LogP contribution in [0, 0.1) is 10.8 Å². The van der Waals surface area contributed by atoms with Crippen molar-refractivity contribution >= 4 is 19.7 Å². The monoisotopic (exact) mass is 396 g/mol. The first kappa shape index (κ1) is 20.9. The normalized spacial score (nSPS) is 23.9. The molecule has 4 N–H and O–H groups in total. The van der Waals surface area contributed by atoms with E-state index in [-0.39, 0.29) is 21.5 Å². The van der Waals surface area contributed by atoms with Crippen LogP contribution in [0.2, 0.25) is 13.1 Å². The van der Waals surface area contributed by atoms with Gasteiger partial charge in [-0.05, 0) is 73.2 Å². The van der Waals surface area contributed by atoms with Crippen molar-refractivity contribution in [2.45, 2.75) is 65.3 Å². The Hall–Kier alpha value is -1.78. The van der Waals surface area contributed by atoms with Crippen LogP contribution in [0.5, 0.6) is 0 Å². The number of nitrogen functional groups attached to an aromatic ring is 2. The average molecular weight is 397 g/mol. The van der Waals surface area contributed by atoms with E-state index in [0.29, 0.717) is 0 Å². The van der Waals surface area contributed by atoms with E-state index < -0.39 is 8.32 Å². The van der Waals surface area contributed by atoms with Gasteiger partial charge in [-0.3, -0.25) is 0 Å². The molecule has 0 bridgehead atoms. The molecular formula is C24H36N2OSi. The van der Waals surface area contributed by atoms with E-state index in [2.05, 4.69) is 78.9 Å². The van der Waals surface area contributed by atoms with Gasteiger partial charge in [0.05, 0.1) is 5.60 Å². The summed E-state index contributed by atoms with van der Waals surface area (Å²) < 4.78 is 7.07. The molecule has 0 unspecified atom stereocenters. The minimum atomic E-state index is -2.33. The molecule has 0 aliphatic carbocycles. The predicted molar refractivity (Wildman–Crippen MR) is 123 cm³/mol. The maximum atomic E-state index is 7.07. The van der Waals surface area contributed by atoms with Crippen LogP contribution in [-0.2, 0) is 9.46 Å². The molecule has 0 saturated carbocycles. The van der Waals surface area contributed by atoms with Crippen molar-refractivity contribution in [3.05, 3.63) is 59.7 Å². The van der Waals surface area contributed by atoms with Gasteiger partial charge < -0.3 is 15.9 Å². The van der Waals surface area contributed by atoms with Gasteiger partial charge in [0.15, 0.2) is 0 Å². The fourth-order valence-corrected chi connectivity index (χ4v) is 11.1. The highest BCUT2D eigenvalue weighted by atomic mass is 28.4. The van der Waals surface area contributed by atoms with Crippen molar-refractivity contribution in [2.75, 3.05) is 11.5 Å². The Balaban J connectivity index is 2.46. The lowest BCUT2D eigenvalue weighted by Gasteiger charge is -2.70. The average Bonchev–Trinajstić information content (AvgIpc) is 2.56. The van der Waals surface area contributed by atoms with E-state index in [9.17, 15) is 0 Å². The Bertz CT molecular complexity index is 819. The Morgan fingerprint density at radius 3 is 1.36 bits per heavy atom. The van der Waals surface area contributed by atoms with Crippen molar-refractivity contribution in [3.63, 3.8) is 0 Å². The smallest absolute Gasteiger partial charge is 0.202 e. The molecule has 2 aromatic rings. The van der Waals surface area contributed by atoms with Gasteiger partial charge in [-0.25, -0.2) is 0 Å². The van der Waals surface area contributed by atoms with E-state index in [0.717, 1.165) is 11.4 Å². The highest BCUT2D eigenvalue weighted by molar-refractivity contribution is 6.75. The minimum Gasteiger partial charge on any atom is -0.411 e. The molecule has 0 radical (unpaired) electrons. The third-order valence-electron chi connectivity index (χ3n) is 8.11. The molecule has 1 saturated heterocycles. The number of benzene rings is 2. The Morgan fingerprint density at radius 2 is 1.00 bits per heavy atom. The first-order chi connectivity index (χ1) is 12.7. The lowest BCUT2D eigenvalue weighted by molar-refractivity contribution is -0.139. The van der Waals surface area contributed by atoms with E-state index >= 15 is 0 Å². The van der Waals surface area contributed by atoms with Gasteiger partial charge in [-0.2, -0.15) is 0 Å². The lowest BCUT2D eigenvalue weighted by atomic mass is 9.52. The first-order valence-electron chi connectivity index (χ1n) is 10.1. The van der Waals surface area contributed by atoms with Crippen LogP contribution in [0.15, 0.2) is 48.5 Å². The highest BCUT2D eigenvalue weighted by Crippen LogP contribution is 2.67. The summed E-state index contributed by atoms with van der Waals surface area (Å²) in [6.45, 7) is 18.7. The van der Waals surface area contributed by atoms with Crippen molar-refractivity contribution in [2.24, 2.45) is 10.8 Å². The summed E-state index contributed by atoms with van der Waals surface area (Å²) >= 11 is 0. The maximum absolute atomic E-state index is 7.07. The largest absolute Gasteiger partial charge is 0.411 e. The molecule has 0 atom stereocenters. The van der Waals surface area contributed by atoms with Crippen molar-refractivity contribution < 1.29 is 4.43 Å². The van der Waals surface area contributed by atoms with Crippen LogP contribution >= 0.6 is 0 Å². The molecule has 3 nitrogen and oxygen atoms in total. The van der Waals surface area contributed by atoms with Gasteiger partial charge in [0.25, 0.3) is 0 Å². The van der Waals surface area contributed by atoms with Crippen LogP contribution in [0.25, 0.3) is 0 Å². The lowest BCUT2D eigenvalue weighted by Crippen LogP contribution is -2.76. The zero-order valence-electron chi connectivity index (χ0n) is 18.7. The molecular weight excluding hydrogens is 360 g/mol. The van der Waals surface area contributed by atoms with Gasteiger partial charge in [0, 0.05) is 16.4 Å². The molecule has 152 valence electrons. The summed E-state index contributed by atoms with van der Waals surface area (Å²) in [6, 6.07) is 16.8. The zero-order chi connectivity index (χ0) is 21.2. The van der Waals surface area contributed by atoms with Gasteiger partial charge in [-0.1, -0.05) is 52.0 Å². The minimum absolute atomic E-state index is 0.0920. The summed E-state index contributed by atoms with van der Waals surface area (Å²) in [6.07, 6.45) is 0. The quantitative estimate of drug-likeness (QED) is 0.502. The molecule has 28 heavy (non-hydrogen) atoms. The number of anilines is 2. The molecule has 1 aliphatic heterocycles. The second-order valence-electron chi connectivity index (χ2n) is 10.4. The van der Waals surface area contributed by atoms with Gasteiger partial charge in [0.2, 0.25) is 8.32 Å². The molecule has 1 aliphatic rings. The number of hydrogen-bond acceptors (Lipinski definition) is 3. The zero-order valence-corrected chi connectivity index (χ0v) is 19.7. The molecule has 3 rings (SSSR count). The third kappa shape index (κ3) is 2.50. The van der Waals surface area contributed by atoms with Crippen molar-refractivity contribution in [1.29, 1.82) is 0 Å². The molecule has 0 amide bonds. The van der Waals surface area contributed by atoms with E-state index in [4.69, 9.17) is 15.9 Å². The fraction of sp³-hybridized carbons (Fsp3) is 0.500. The predicted octanol–water partition coefficient (Wildman–Crippen LogP) is 5.74. The summed E-state index contributed by atoms with van der Waals surface area (Å²) in [4.78, 5) is 0. The van der Waals surface area contributed by atoms with E-state index in [1.165, 1.54) is 11.1 Å². The Morgan fingerprint density at radius 1 is 0.643 bits per heavy atom. The number of nitrogens with two attached hydrogens (primary N) is 2. The second kappa shape index (κ2) is 6.11. The highest BCUT2D eigenvalue weighted by Gasteiger charge is 2.71. The van der Waals surface area contributed by atoms with Crippen LogP contribution in [0.3, 0.4) is 0 Å². The SMILES string of the molecule is CC1(C)O[Si](C)(C)C(c2ccc(N)cc2)(c2ccc(N)cc2)C(C)(C)C1(C)C. The Labute approximate surface area is 171 Å². The number of hydrogen-bond donors (Lipinski definition) is 2. The topological polar surface area (TPSA) is 61.3 Å². The summed E-state index contributed by atoms with van der Waals surface area (Å²) in [5.74, 6) is 0. The van der Waals surface area contributed by atoms with Crippen LogP contribution in [0.1, 0.15) is 52.7 Å². The molecule has 1 fully saturated rings. The molecule has 0 spiro atoms. The fourth-order valence-electron chi connectivity index (χ4n) is 5.87. The number of rotatable bonds is 2. The van der Waals surface area contributed by atoms with Gasteiger partial charge in [-0.15, -0.1) is 0 Å². The molecule has 4 heteroatoms. The maximum Gasteiger partial charge on any atom is 0.202 e. The third-order valence-corrected chi connectivity index (χ3v) is 12.1. The summed E-state index contributed by atoms with van der Waals surface area (Å²) in [7, 11) is -2.33. The van der Waals surface area contributed by atoms with Crippen LogP contribution in [0.4, 0.5) is 11.4 Å². The van der Waals surface area contributed by atoms with E-state index in [1.807, 2.05) is 24.3 Å². The van der Waals surface area contributed by atoms with Gasteiger partial charge in [0.1, 0.15) is 0 Å². The van der Waals surface area contributed by atoms with E-state index in [1.54, 1.807) is 0 Å². The first-order valence-corrected chi connectivity index (χ1v) is 13.0. The standard InChI is InChI=1S/C24H36N2OSi/c1-21(2)22(3,4)24(17-9-13-19(25)14-10-17,18-11-15-20(26)16-12-18)28(7,8)27-23(21,5)6/h9-16H,25-26H2,1-8H3. The van der Waals surface area contributed by atoms with Crippen molar-refractivity contribution in [1.82, 2.24) is 0 Å². The second-order valence-corrected chi connectivity index (χ2v) is 14.3. The molecule has 0 aromatic heterocycles. The van der Waals surface area contributed by atoms with Crippen molar-refractivity contribution in [3.8, 4) is 0 Å². The van der Waals surface area contributed by atoms with Gasteiger partial charge >= 0.3 is 0 Å². The van der Waals surface area contributed by atoms with Crippen LogP contribution < -0.4 is 11.5 Å². The molecule has 1 heterocycles. The Kier molecular flexibility index (Phi) is 4.57. The van der Waals surface area contributed by atoms with Crippen LogP contribution in [-0.4, -0.2) is 13.9 Å².